The Morgan fingerprint density at radius 3 is 2.43 bits per heavy atom. The molecule has 0 fully saturated rings. The van der Waals surface area contributed by atoms with Crippen LogP contribution < -0.4 is 9.04 Å². The molecule has 5 rings (SSSR count). The SMILES string of the molecule is O=C(O)c1ccc(COc2cc3c(cc2N(Cc2ccccn2)S(=O)(=O)c2cccnc2)CCC3)cc1. The van der Waals surface area contributed by atoms with E-state index in [1.807, 2.05) is 18.2 Å². The third kappa shape index (κ3) is 5.31. The lowest BCUT2D eigenvalue weighted by Crippen LogP contribution is -2.31. The number of carboxylic acids is 1. The summed E-state index contributed by atoms with van der Waals surface area (Å²) in [6, 6.07) is 18.7. The molecule has 8 nitrogen and oxygen atoms in total. The maximum atomic E-state index is 13.9. The van der Waals surface area contributed by atoms with E-state index < -0.39 is 16.0 Å². The number of hydrogen-bond acceptors (Lipinski definition) is 6. The fourth-order valence-electron chi connectivity index (χ4n) is 4.37. The minimum atomic E-state index is -4.00. The zero-order chi connectivity index (χ0) is 25.8. The van der Waals surface area contributed by atoms with Crippen molar-refractivity contribution in [2.24, 2.45) is 0 Å². The molecule has 0 radical (unpaired) electrons. The number of nitrogens with zero attached hydrogens (tertiary/aromatic N) is 3. The zero-order valence-electron chi connectivity index (χ0n) is 19.9. The van der Waals surface area contributed by atoms with Crippen LogP contribution in [0.1, 0.15) is 39.2 Å². The van der Waals surface area contributed by atoms with E-state index in [2.05, 4.69) is 9.97 Å². The van der Waals surface area contributed by atoms with Gasteiger partial charge < -0.3 is 9.84 Å². The second-order valence-corrected chi connectivity index (χ2v) is 10.6. The molecule has 2 aromatic carbocycles. The molecule has 0 saturated carbocycles. The van der Waals surface area contributed by atoms with Gasteiger partial charge >= 0.3 is 5.97 Å². The molecule has 0 spiro atoms. The van der Waals surface area contributed by atoms with Gasteiger partial charge in [0, 0.05) is 18.6 Å². The monoisotopic (exact) mass is 515 g/mol. The topological polar surface area (TPSA) is 110 Å². The highest BCUT2D eigenvalue weighted by Gasteiger charge is 2.30. The Morgan fingerprint density at radius 2 is 1.76 bits per heavy atom. The van der Waals surface area contributed by atoms with Gasteiger partial charge in [-0.1, -0.05) is 18.2 Å². The minimum Gasteiger partial charge on any atom is -0.487 e. The summed E-state index contributed by atoms with van der Waals surface area (Å²) in [5.74, 6) is -0.564. The number of sulfonamides is 1. The second-order valence-electron chi connectivity index (χ2n) is 8.75. The minimum absolute atomic E-state index is 0.0144. The standard InChI is InChI=1S/C28H25N3O5S/c32-28(33)21-11-9-20(10-12-21)19-36-27-16-23-6-3-5-22(23)15-26(27)31(18-24-7-1-2-14-30-24)37(34,35)25-8-4-13-29-17-25/h1-2,4,7-17H,3,5-6,18-19H2,(H,32,33). The normalized spacial score (nSPS) is 12.6. The predicted molar refractivity (Wildman–Crippen MR) is 138 cm³/mol. The first-order valence-electron chi connectivity index (χ1n) is 11.9. The molecule has 0 atom stereocenters. The molecule has 1 aliphatic rings. The number of aryl methyl sites for hydroxylation is 2. The van der Waals surface area contributed by atoms with Gasteiger partial charge in [0.2, 0.25) is 0 Å². The molecule has 2 aromatic heterocycles. The summed E-state index contributed by atoms with van der Waals surface area (Å²) in [4.78, 5) is 19.6. The highest BCUT2D eigenvalue weighted by molar-refractivity contribution is 7.92. The highest BCUT2D eigenvalue weighted by atomic mass is 32.2. The quantitative estimate of drug-likeness (QED) is 0.346. The van der Waals surface area contributed by atoms with Crippen LogP contribution >= 0.6 is 0 Å². The third-order valence-corrected chi connectivity index (χ3v) is 8.03. The molecule has 188 valence electrons. The maximum absolute atomic E-state index is 13.9. The molecule has 0 saturated heterocycles. The van der Waals surface area contributed by atoms with Crippen LogP contribution in [0.25, 0.3) is 0 Å². The van der Waals surface area contributed by atoms with Gasteiger partial charge in [0.25, 0.3) is 10.0 Å². The van der Waals surface area contributed by atoms with Gasteiger partial charge in [-0.15, -0.1) is 0 Å². The molecule has 9 heteroatoms. The fourth-order valence-corrected chi connectivity index (χ4v) is 5.77. The van der Waals surface area contributed by atoms with Crippen LogP contribution in [0.15, 0.2) is 90.2 Å². The third-order valence-electron chi connectivity index (χ3n) is 6.29. The van der Waals surface area contributed by atoms with Crippen molar-refractivity contribution in [3.05, 3.63) is 113 Å². The van der Waals surface area contributed by atoms with Crippen molar-refractivity contribution in [2.75, 3.05) is 4.31 Å². The van der Waals surface area contributed by atoms with Gasteiger partial charge in [0.05, 0.1) is 23.5 Å². The molecule has 4 aromatic rings. The lowest BCUT2D eigenvalue weighted by atomic mass is 10.1. The Balaban J connectivity index is 1.56. The van der Waals surface area contributed by atoms with Crippen molar-refractivity contribution in [1.29, 1.82) is 0 Å². The van der Waals surface area contributed by atoms with Crippen molar-refractivity contribution in [2.45, 2.75) is 37.3 Å². The van der Waals surface area contributed by atoms with E-state index in [0.29, 0.717) is 17.1 Å². The van der Waals surface area contributed by atoms with Crippen LogP contribution in [0.2, 0.25) is 0 Å². The number of ether oxygens (including phenoxy) is 1. The zero-order valence-corrected chi connectivity index (χ0v) is 20.8. The predicted octanol–water partition coefficient (Wildman–Crippen LogP) is 4.64. The van der Waals surface area contributed by atoms with Gasteiger partial charge in [-0.05, 0) is 84.5 Å². The molecule has 2 heterocycles. The second kappa shape index (κ2) is 10.4. The van der Waals surface area contributed by atoms with Crippen molar-refractivity contribution in [3.63, 3.8) is 0 Å². The number of benzene rings is 2. The van der Waals surface area contributed by atoms with Crippen LogP contribution in [0.3, 0.4) is 0 Å². The molecular weight excluding hydrogens is 490 g/mol. The van der Waals surface area contributed by atoms with E-state index in [9.17, 15) is 13.2 Å². The lowest BCUT2D eigenvalue weighted by Gasteiger charge is -2.27. The molecule has 1 N–H and O–H groups in total. The van der Waals surface area contributed by atoms with Crippen molar-refractivity contribution in [1.82, 2.24) is 9.97 Å². The number of rotatable bonds is 9. The molecule has 1 aliphatic carbocycles. The number of fused-ring (bicyclic) bond motifs is 1. The summed E-state index contributed by atoms with van der Waals surface area (Å²) in [6.07, 6.45) is 7.24. The van der Waals surface area contributed by atoms with Crippen LogP contribution in [-0.4, -0.2) is 29.5 Å². The van der Waals surface area contributed by atoms with E-state index >= 15 is 0 Å². The largest absolute Gasteiger partial charge is 0.487 e. The molecule has 0 amide bonds. The average Bonchev–Trinajstić information content (AvgIpc) is 3.39. The van der Waals surface area contributed by atoms with Gasteiger partial charge in [-0.3, -0.25) is 14.3 Å². The van der Waals surface area contributed by atoms with Crippen molar-refractivity contribution in [3.8, 4) is 5.75 Å². The van der Waals surface area contributed by atoms with Crippen LogP contribution in [0.5, 0.6) is 5.75 Å². The van der Waals surface area contributed by atoms with E-state index in [-0.39, 0.29) is 23.6 Å². The summed E-state index contributed by atoms with van der Waals surface area (Å²) in [5.41, 5.74) is 4.20. The number of aromatic nitrogens is 2. The van der Waals surface area contributed by atoms with Gasteiger partial charge in [0.15, 0.2) is 0 Å². The summed E-state index contributed by atoms with van der Waals surface area (Å²) >= 11 is 0. The molecular formula is C28H25N3O5S. The number of anilines is 1. The first-order valence-corrected chi connectivity index (χ1v) is 13.3. The molecule has 0 aliphatic heterocycles. The Labute approximate surface area is 215 Å². The van der Waals surface area contributed by atoms with E-state index in [0.717, 1.165) is 36.0 Å². The number of pyridine rings is 2. The number of hydrogen-bond donors (Lipinski definition) is 1. The number of carbonyl (C=O) groups is 1. The molecule has 37 heavy (non-hydrogen) atoms. The first-order chi connectivity index (χ1) is 17.9. The Bertz CT molecular complexity index is 1510. The Morgan fingerprint density at radius 1 is 0.973 bits per heavy atom. The Kier molecular flexibility index (Phi) is 6.87. The first kappa shape index (κ1) is 24.5. The summed E-state index contributed by atoms with van der Waals surface area (Å²) in [5, 5.41) is 9.16. The van der Waals surface area contributed by atoms with E-state index in [4.69, 9.17) is 9.84 Å². The number of carboxylic acid groups (broad SMARTS) is 1. The Hall–Kier alpha value is -4.24. The van der Waals surface area contributed by atoms with Crippen molar-refractivity contribution < 1.29 is 23.1 Å². The van der Waals surface area contributed by atoms with Gasteiger partial charge in [-0.2, -0.15) is 0 Å². The fraction of sp³-hybridized carbons (Fsp3) is 0.179. The van der Waals surface area contributed by atoms with Gasteiger partial charge in [0.1, 0.15) is 17.3 Å². The molecule has 0 unspecified atom stereocenters. The maximum Gasteiger partial charge on any atom is 0.335 e. The summed E-state index contributed by atoms with van der Waals surface area (Å²) in [6.45, 7) is 0.163. The van der Waals surface area contributed by atoms with Crippen LogP contribution in [0.4, 0.5) is 5.69 Å². The molecule has 0 bridgehead atoms. The average molecular weight is 516 g/mol. The van der Waals surface area contributed by atoms with Crippen LogP contribution in [-0.2, 0) is 36.0 Å². The van der Waals surface area contributed by atoms with Gasteiger partial charge in [-0.25, -0.2) is 13.2 Å². The lowest BCUT2D eigenvalue weighted by molar-refractivity contribution is 0.0697. The van der Waals surface area contributed by atoms with Crippen LogP contribution in [0, 0.1) is 0 Å². The van der Waals surface area contributed by atoms with Crippen molar-refractivity contribution >= 4 is 21.7 Å². The summed E-state index contributed by atoms with van der Waals surface area (Å²) < 4.78 is 35.4. The van der Waals surface area contributed by atoms with E-state index in [1.165, 1.54) is 34.9 Å². The smallest absolute Gasteiger partial charge is 0.335 e. The summed E-state index contributed by atoms with van der Waals surface area (Å²) in [7, 11) is -4.00. The highest BCUT2D eigenvalue weighted by Crippen LogP contribution is 2.39. The number of aromatic carboxylic acids is 1. The van der Waals surface area contributed by atoms with E-state index in [1.54, 1.807) is 36.5 Å².